The number of amides is 1. The number of nitrogens with two attached hydrogens (primary N) is 1. The Hall–Kier alpha value is -1.55. The molecule has 0 radical (unpaired) electrons. The fourth-order valence-electron chi connectivity index (χ4n) is 2.28. The zero-order valence-corrected chi connectivity index (χ0v) is 11.8. The molecule has 104 valence electrons. The Morgan fingerprint density at radius 1 is 1.42 bits per heavy atom. The predicted octanol–water partition coefficient (Wildman–Crippen LogP) is 2.18. The van der Waals surface area contributed by atoms with Crippen molar-refractivity contribution in [1.29, 1.82) is 0 Å². The first-order chi connectivity index (χ1) is 9.01. The Bertz CT molecular complexity index is 471. The van der Waals surface area contributed by atoms with Crippen molar-refractivity contribution in [3.8, 4) is 5.75 Å². The van der Waals surface area contributed by atoms with Gasteiger partial charge in [0, 0.05) is 0 Å². The van der Waals surface area contributed by atoms with E-state index in [-0.39, 0.29) is 5.91 Å². The molecule has 2 rings (SSSR count). The van der Waals surface area contributed by atoms with Gasteiger partial charge in [-0.1, -0.05) is 19.9 Å². The van der Waals surface area contributed by atoms with Gasteiger partial charge in [-0.15, -0.1) is 0 Å². The molecule has 1 aromatic carbocycles. The zero-order valence-electron chi connectivity index (χ0n) is 11.8. The molecule has 0 fully saturated rings. The maximum absolute atomic E-state index is 11.6. The second-order valence-corrected chi connectivity index (χ2v) is 5.52. The lowest BCUT2D eigenvalue weighted by atomic mass is 9.89. The van der Waals surface area contributed by atoms with E-state index < -0.39 is 6.10 Å². The zero-order chi connectivity index (χ0) is 14.0. The minimum absolute atomic E-state index is 0.0936. The molecule has 4 heteroatoms. The van der Waals surface area contributed by atoms with Gasteiger partial charge < -0.3 is 15.8 Å². The van der Waals surface area contributed by atoms with E-state index in [1.807, 2.05) is 18.2 Å². The Labute approximate surface area is 114 Å². The summed E-state index contributed by atoms with van der Waals surface area (Å²) in [5.74, 6) is 1.65. The highest BCUT2D eigenvalue weighted by Crippen LogP contribution is 2.31. The topological polar surface area (TPSA) is 64.3 Å². The van der Waals surface area contributed by atoms with Crippen molar-refractivity contribution < 1.29 is 9.53 Å². The summed E-state index contributed by atoms with van der Waals surface area (Å²) in [6, 6.07) is 5.97. The maximum atomic E-state index is 11.6. The highest BCUT2D eigenvalue weighted by molar-refractivity contribution is 5.97. The normalized spacial score (nSPS) is 19.6. The Balaban J connectivity index is 2.17. The number of nitrogens with one attached hydrogen (secondary N) is 1. The van der Waals surface area contributed by atoms with Gasteiger partial charge in [0.2, 0.25) is 0 Å². The number of hydrogen-bond acceptors (Lipinski definition) is 3. The molecule has 19 heavy (non-hydrogen) atoms. The summed E-state index contributed by atoms with van der Waals surface area (Å²) < 4.78 is 5.54. The molecule has 1 heterocycles. The van der Waals surface area contributed by atoms with Crippen molar-refractivity contribution >= 4 is 11.6 Å². The van der Waals surface area contributed by atoms with Gasteiger partial charge in [0.25, 0.3) is 5.91 Å². The monoisotopic (exact) mass is 262 g/mol. The van der Waals surface area contributed by atoms with Crippen LogP contribution in [-0.4, -0.2) is 18.6 Å². The molecule has 0 aliphatic carbocycles. The van der Waals surface area contributed by atoms with Crippen LogP contribution >= 0.6 is 0 Å². The largest absolute Gasteiger partial charge is 0.479 e. The van der Waals surface area contributed by atoms with Crippen molar-refractivity contribution in [1.82, 2.24) is 0 Å². The third kappa shape index (κ3) is 3.07. The van der Waals surface area contributed by atoms with Crippen LogP contribution in [0.1, 0.15) is 26.3 Å². The van der Waals surface area contributed by atoms with E-state index in [1.54, 1.807) is 6.92 Å². The van der Waals surface area contributed by atoms with E-state index in [0.717, 1.165) is 17.9 Å². The number of hydrogen-bond donors (Lipinski definition) is 2. The maximum Gasteiger partial charge on any atom is 0.265 e. The fourth-order valence-corrected chi connectivity index (χ4v) is 2.28. The van der Waals surface area contributed by atoms with Crippen molar-refractivity contribution in [2.75, 3.05) is 11.9 Å². The Kier molecular flexibility index (Phi) is 4.10. The third-order valence-corrected chi connectivity index (χ3v) is 3.72. The summed E-state index contributed by atoms with van der Waals surface area (Å²) >= 11 is 0. The van der Waals surface area contributed by atoms with Crippen LogP contribution in [0.15, 0.2) is 18.2 Å². The average molecular weight is 262 g/mol. The fraction of sp³-hybridized carbons (Fsp3) is 0.533. The van der Waals surface area contributed by atoms with E-state index >= 15 is 0 Å². The minimum atomic E-state index is -0.425. The van der Waals surface area contributed by atoms with E-state index in [2.05, 4.69) is 19.2 Å². The van der Waals surface area contributed by atoms with Crippen LogP contribution in [0.2, 0.25) is 0 Å². The van der Waals surface area contributed by atoms with Gasteiger partial charge in [-0.2, -0.15) is 0 Å². The molecule has 1 aliphatic heterocycles. The lowest BCUT2D eigenvalue weighted by Crippen LogP contribution is -2.34. The van der Waals surface area contributed by atoms with Gasteiger partial charge in [0.1, 0.15) is 5.75 Å². The van der Waals surface area contributed by atoms with Gasteiger partial charge in [-0.3, -0.25) is 4.79 Å². The van der Waals surface area contributed by atoms with Crippen LogP contribution in [0.5, 0.6) is 5.75 Å². The van der Waals surface area contributed by atoms with E-state index in [1.165, 1.54) is 5.56 Å². The predicted molar refractivity (Wildman–Crippen MR) is 76.2 cm³/mol. The van der Waals surface area contributed by atoms with Crippen LogP contribution < -0.4 is 15.8 Å². The summed E-state index contributed by atoms with van der Waals surface area (Å²) in [7, 11) is 0. The first-order valence-electron chi connectivity index (χ1n) is 6.81. The quantitative estimate of drug-likeness (QED) is 0.874. The SMILES string of the molecule is CC1Oc2ccc(CC(CN)C(C)C)cc2NC1=O. The van der Waals surface area contributed by atoms with Crippen molar-refractivity contribution in [3.63, 3.8) is 0 Å². The van der Waals surface area contributed by atoms with Crippen LogP contribution in [0.3, 0.4) is 0 Å². The molecule has 0 saturated carbocycles. The molecule has 1 aromatic rings. The average Bonchev–Trinajstić information content (AvgIpc) is 2.37. The molecule has 0 aromatic heterocycles. The molecule has 0 saturated heterocycles. The molecule has 2 unspecified atom stereocenters. The number of carbonyl (C=O) groups excluding carboxylic acids is 1. The van der Waals surface area contributed by atoms with Gasteiger partial charge in [0.05, 0.1) is 5.69 Å². The number of rotatable bonds is 4. The summed E-state index contributed by atoms with van der Waals surface area (Å²) in [5.41, 5.74) is 7.75. The summed E-state index contributed by atoms with van der Waals surface area (Å²) in [4.78, 5) is 11.6. The molecule has 4 nitrogen and oxygen atoms in total. The van der Waals surface area contributed by atoms with E-state index in [9.17, 15) is 4.79 Å². The van der Waals surface area contributed by atoms with Gasteiger partial charge in [0.15, 0.2) is 6.10 Å². The van der Waals surface area contributed by atoms with Crippen molar-refractivity contribution in [2.45, 2.75) is 33.3 Å². The van der Waals surface area contributed by atoms with Crippen LogP contribution in [0.4, 0.5) is 5.69 Å². The standard InChI is InChI=1S/C15H22N2O2/c1-9(2)12(8-16)6-11-4-5-14-13(7-11)17-15(18)10(3)19-14/h4-5,7,9-10,12H,6,8,16H2,1-3H3,(H,17,18). The van der Waals surface area contributed by atoms with Gasteiger partial charge in [-0.25, -0.2) is 0 Å². The number of fused-ring (bicyclic) bond motifs is 1. The summed E-state index contributed by atoms with van der Waals surface area (Å²) in [5, 5.41) is 2.88. The van der Waals surface area contributed by atoms with Crippen molar-refractivity contribution in [2.24, 2.45) is 17.6 Å². The van der Waals surface area contributed by atoms with Crippen molar-refractivity contribution in [3.05, 3.63) is 23.8 Å². The Morgan fingerprint density at radius 2 is 2.16 bits per heavy atom. The summed E-state index contributed by atoms with van der Waals surface area (Å²) in [6.45, 7) is 6.79. The lowest BCUT2D eigenvalue weighted by Gasteiger charge is -2.25. The van der Waals surface area contributed by atoms with Crippen LogP contribution in [-0.2, 0) is 11.2 Å². The van der Waals surface area contributed by atoms with E-state index in [0.29, 0.717) is 18.4 Å². The molecule has 1 aliphatic rings. The number of carbonyl (C=O) groups is 1. The molecular formula is C15H22N2O2. The number of benzene rings is 1. The second kappa shape index (κ2) is 5.61. The van der Waals surface area contributed by atoms with Crippen LogP contribution in [0.25, 0.3) is 0 Å². The number of anilines is 1. The minimum Gasteiger partial charge on any atom is -0.479 e. The van der Waals surface area contributed by atoms with E-state index in [4.69, 9.17) is 10.5 Å². The molecule has 2 atom stereocenters. The lowest BCUT2D eigenvalue weighted by molar-refractivity contribution is -0.122. The molecule has 0 spiro atoms. The first-order valence-corrected chi connectivity index (χ1v) is 6.81. The second-order valence-electron chi connectivity index (χ2n) is 5.52. The van der Waals surface area contributed by atoms with Gasteiger partial charge >= 0.3 is 0 Å². The summed E-state index contributed by atoms with van der Waals surface area (Å²) in [6.07, 6.45) is 0.498. The highest BCUT2D eigenvalue weighted by Gasteiger charge is 2.23. The Morgan fingerprint density at radius 3 is 2.79 bits per heavy atom. The smallest absolute Gasteiger partial charge is 0.265 e. The molecular weight excluding hydrogens is 240 g/mol. The van der Waals surface area contributed by atoms with Crippen LogP contribution in [0, 0.1) is 11.8 Å². The molecule has 1 amide bonds. The molecule has 0 bridgehead atoms. The molecule has 3 N–H and O–H groups in total. The number of ether oxygens (including phenoxy) is 1. The third-order valence-electron chi connectivity index (χ3n) is 3.72. The highest BCUT2D eigenvalue weighted by atomic mass is 16.5. The first kappa shape index (κ1) is 13.9. The van der Waals surface area contributed by atoms with Gasteiger partial charge in [-0.05, 0) is 49.4 Å².